The Bertz CT molecular complexity index is 153. The molecule has 1 heterocycles. The fourth-order valence-electron chi connectivity index (χ4n) is 2.17. The number of hydrogen-bond donors (Lipinski definition) is 1. The fraction of sp³-hybridized carbons (Fsp3) is 1.00. The van der Waals surface area contributed by atoms with Crippen molar-refractivity contribution < 1.29 is 4.39 Å². The molecule has 2 nitrogen and oxygen atoms in total. The van der Waals surface area contributed by atoms with Crippen LogP contribution in [-0.4, -0.2) is 43.3 Å². The van der Waals surface area contributed by atoms with Crippen molar-refractivity contribution in [3.8, 4) is 0 Å². The largest absolute Gasteiger partial charge is 0.313 e. The van der Waals surface area contributed by atoms with Gasteiger partial charge >= 0.3 is 0 Å². The average Bonchev–Trinajstić information content (AvgIpc) is 2.85. The molecule has 1 N–H and O–H groups in total. The Balaban J connectivity index is 1.74. The number of hydrogen-bond acceptors (Lipinski definition) is 2. The van der Waals surface area contributed by atoms with Crippen LogP contribution in [-0.2, 0) is 0 Å². The third-order valence-electron chi connectivity index (χ3n) is 3.05. The first-order valence-corrected chi connectivity index (χ1v) is 5.43. The normalized spacial score (nSPS) is 28.6. The van der Waals surface area contributed by atoms with Crippen LogP contribution in [0.15, 0.2) is 0 Å². The summed E-state index contributed by atoms with van der Waals surface area (Å²) < 4.78 is 12.2. The monoisotopic (exact) mass is 186 g/mol. The van der Waals surface area contributed by atoms with Crippen LogP contribution in [0.2, 0.25) is 0 Å². The molecule has 1 unspecified atom stereocenters. The van der Waals surface area contributed by atoms with Gasteiger partial charge in [0.05, 0.1) is 0 Å². The van der Waals surface area contributed by atoms with E-state index in [0.29, 0.717) is 18.6 Å². The van der Waals surface area contributed by atoms with Gasteiger partial charge in [-0.05, 0) is 32.2 Å². The molecule has 0 aromatic rings. The number of alkyl halides is 1. The lowest BCUT2D eigenvalue weighted by Crippen LogP contribution is -2.39. The Morgan fingerprint density at radius 2 is 2.15 bits per heavy atom. The minimum absolute atomic E-state index is 0.191. The average molecular weight is 186 g/mol. The predicted octanol–water partition coefficient (Wildman–Crippen LogP) is 1.17. The van der Waals surface area contributed by atoms with Gasteiger partial charge in [-0.15, -0.1) is 0 Å². The SMILES string of the molecule is FCCN(CC1CCCN1)C1CC1. The molecule has 1 atom stereocenters. The quantitative estimate of drug-likeness (QED) is 0.693. The van der Waals surface area contributed by atoms with Gasteiger partial charge in [-0.3, -0.25) is 4.90 Å². The van der Waals surface area contributed by atoms with Gasteiger partial charge in [0, 0.05) is 25.2 Å². The standard InChI is InChI=1S/C10H19FN2/c11-5-7-13(10-3-4-10)8-9-2-1-6-12-9/h9-10,12H,1-8H2. The summed E-state index contributed by atoms with van der Waals surface area (Å²) in [6.07, 6.45) is 5.13. The second-order valence-corrected chi connectivity index (χ2v) is 4.21. The van der Waals surface area contributed by atoms with E-state index < -0.39 is 0 Å². The van der Waals surface area contributed by atoms with Crippen molar-refractivity contribution in [3.63, 3.8) is 0 Å². The third-order valence-corrected chi connectivity index (χ3v) is 3.05. The first-order valence-electron chi connectivity index (χ1n) is 5.43. The van der Waals surface area contributed by atoms with Crippen molar-refractivity contribution in [2.24, 2.45) is 0 Å². The summed E-state index contributed by atoms with van der Waals surface area (Å²) in [4.78, 5) is 2.32. The molecule has 1 aliphatic heterocycles. The zero-order valence-corrected chi connectivity index (χ0v) is 8.14. The zero-order chi connectivity index (χ0) is 9.10. The van der Waals surface area contributed by atoms with E-state index in [1.807, 2.05) is 0 Å². The Morgan fingerprint density at radius 1 is 1.31 bits per heavy atom. The fourth-order valence-corrected chi connectivity index (χ4v) is 2.17. The Hall–Kier alpha value is -0.150. The van der Waals surface area contributed by atoms with E-state index in [0.717, 1.165) is 13.1 Å². The highest BCUT2D eigenvalue weighted by molar-refractivity contribution is 4.88. The molecule has 0 spiro atoms. The summed E-state index contributed by atoms with van der Waals surface area (Å²) in [6, 6.07) is 1.34. The number of rotatable bonds is 5. The van der Waals surface area contributed by atoms with Crippen molar-refractivity contribution in [2.45, 2.75) is 37.8 Å². The van der Waals surface area contributed by atoms with Gasteiger partial charge in [0.15, 0.2) is 0 Å². The zero-order valence-electron chi connectivity index (χ0n) is 8.14. The van der Waals surface area contributed by atoms with Gasteiger partial charge in [0.1, 0.15) is 6.67 Å². The highest BCUT2D eigenvalue weighted by Gasteiger charge is 2.30. The van der Waals surface area contributed by atoms with Crippen molar-refractivity contribution in [3.05, 3.63) is 0 Å². The lowest BCUT2D eigenvalue weighted by Gasteiger charge is -2.24. The Morgan fingerprint density at radius 3 is 2.69 bits per heavy atom. The van der Waals surface area contributed by atoms with Gasteiger partial charge in [0.2, 0.25) is 0 Å². The molecule has 0 radical (unpaired) electrons. The van der Waals surface area contributed by atoms with Gasteiger partial charge in [-0.25, -0.2) is 4.39 Å². The lowest BCUT2D eigenvalue weighted by atomic mass is 10.2. The number of halogens is 1. The first-order chi connectivity index (χ1) is 6.40. The van der Waals surface area contributed by atoms with Crippen LogP contribution in [0.3, 0.4) is 0 Å². The van der Waals surface area contributed by atoms with Crippen LogP contribution >= 0.6 is 0 Å². The summed E-state index contributed by atoms with van der Waals surface area (Å²) in [5.41, 5.74) is 0. The van der Waals surface area contributed by atoms with E-state index in [9.17, 15) is 4.39 Å². The molecular weight excluding hydrogens is 167 g/mol. The molecule has 2 rings (SSSR count). The Labute approximate surface area is 79.5 Å². The number of nitrogens with one attached hydrogen (secondary N) is 1. The van der Waals surface area contributed by atoms with Crippen LogP contribution < -0.4 is 5.32 Å². The maximum atomic E-state index is 12.2. The van der Waals surface area contributed by atoms with Crippen LogP contribution in [0.5, 0.6) is 0 Å². The molecule has 1 saturated heterocycles. The second-order valence-electron chi connectivity index (χ2n) is 4.21. The lowest BCUT2D eigenvalue weighted by molar-refractivity contribution is 0.219. The maximum absolute atomic E-state index is 12.2. The molecule has 0 amide bonds. The molecule has 2 aliphatic rings. The highest BCUT2D eigenvalue weighted by Crippen LogP contribution is 2.27. The van der Waals surface area contributed by atoms with Gasteiger partial charge in [-0.1, -0.05) is 0 Å². The minimum atomic E-state index is -0.191. The van der Waals surface area contributed by atoms with Crippen LogP contribution in [0.4, 0.5) is 4.39 Å². The van der Waals surface area contributed by atoms with Gasteiger partial charge in [0.25, 0.3) is 0 Å². The van der Waals surface area contributed by atoms with E-state index in [4.69, 9.17) is 0 Å². The smallest absolute Gasteiger partial charge is 0.102 e. The van der Waals surface area contributed by atoms with Crippen LogP contribution in [0.1, 0.15) is 25.7 Å². The summed E-state index contributed by atoms with van der Waals surface area (Å²) >= 11 is 0. The molecule has 0 bridgehead atoms. The van der Waals surface area contributed by atoms with E-state index in [2.05, 4.69) is 10.2 Å². The van der Waals surface area contributed by atoms with Crippen LogP contribution in [0, 0.1) is 0 Å². The summed E-state index contributed by atoms with van der Waals surface area (Å²) in [7, 11) is 0. The number of nitrogens with zero attached hydrogens (tertiary/aromatic N) is 1. The van der Waals surface area contributed by atoms with E-state index in [1.54, 1.807) is 0 Å². The second kappa shape index (κ2) is 4.38. The molecular formula is C10H19FN2. The van der Waals surface area contributed by atoms with Crippen molar-refractivity contribution in [1.29, 1.82) is 0 Å². The van der Waals surface area contributed by atoms with E-state index >= 15 is 0 Å². The molecule has 13 heavy (non-hydrogen) atoms. The molecule has 1 saturated carbocycles. The van der Waals surface area contributed by atoms with Gasteiger partial charge < -0.3 is 5.32 Å². The summed E-state index contributed by atoms with van der Waals surface area (Å²) in [6.45, 7) is 2.67. The predicted molar refractivity (Wildman–Crippen MR) is 51.6 cm³/mol. The van der Waals surface area contributed by atoms with Gasteiger partial charge in [-0.2, -0.15) is 0 Å². The highest BCUT2D eigenvalue weighted by atomic mass is 19.1. The molecule has 76 valence electrons. The van der Waals surface area contributed by atoms with Crippen LogP contribution in [0.25, 0.3) is 0 Å². The molecule has 2 fully saturated rings. The topological polar surface area (TPSA) is 15.3 Å². The Kier molecular flexibility index (Phi) is 3.17. The molecule has 1 aliphatic carbocycles. The van der Waals surface area contributed by atoms with Crippen molar-refractivity contribution in [1.82, 2.24) is 10.2 Å². The maximum Gasteiger partial charge on any atom is 0.102 e. The molecule has 0 aromatic carbocycles. The van der Waals surface area contributed by atoms with E-state index in [1.165, 1.54) is 25.7 Å². The van der Waals surface area contributed by atoms with Crippen molar-refractivity contribution >= 4 is 0 Å². The summed E-state index contributed by atoms with van der Waals surface area (Å²) in [5, 5.41) is 3.46. The van der Waals surface area contributed by atoms with E-state index in [-0.39, 0.29) is 6.67 Å². The summed E-state index contributed by atoms with van der Waals surface area (Å²) in [5.74, 6) is 0. The molecule has 0 aromatic heterocycles. The minimum Gasteiger partial charge on any atom is -0.313 e. The first kappa shape index (κ1) is 9.41. The third kappa shape index (κ3) is 2.64. The molecule has 3 heteroatoms. The van der Waals surface area contributed by atoms with Crippen molar-refractivity contribution in [2.75, 3.05) is 26.3 Å².